The lowest BCUT2D eigenvalue weighted by molar-refractivity contribution is -0.133. The quantitative estimate of drug-likeness (QED) is 0.783. The van der Waals surface area contributed by atoms with Gasteiger partial charge in [0.2, 0.25) is 11.8 Å². The fourth-order valence-corrected chi connectivity index (χ4v) is 4.29. The summed E-state index contributed by atoms with van der Waals surface area (Å²) in [5.74, 6) is 1.77. The Hall–Kier alpha value is -2.17. The maximum absolute atomic E-state index is 13.8. The van der Waals surface area contributed by atoms with Gasteiger partial charge in [0.15, 0.2) is 0 Å². The molecule has 1 aromatic carbocycles. The van der Waals surface area contributed by atoms with Gasteiger partial charge >= 0.3 is 0 Å². The Labute approximate surface area is 153 Å². The highest BCUT2D eigenvalue weighted by Crippen LogP contribution is 2.35. The lowest BCUT2D eigenvalue weighted by Gasteiger charge is -2.23. The Morgan fingerprint density at radius 2 is 2.00 bits per heavy atom. The number of oxazole rings is 1. The van der Waals surface area contributed by atoms with E-state index in [1.165, 1.54) is 31.7 Å². The number of likely N-dealkylation sites (tertiary alicyclic amines) is 1. The van der Waals surface area contributed by atoms with Crippen molar-refractivity contribution in [1.82, 2.24) is 9.88 Å². The molecule has 2 aromatic rings. The van der Waals surface area contributed by atoms with Crippen LogP contribution in [0.15, 0.2) is 34.9 Å². The van der Waals surface area contributed by atoms with Crippen LogP contribution in [-0.2, 0) is 11.2 Å². The smallest absolute Gasteiger partial charge is 0.223 e. The van der Waals surface area contributed by atoms with Crippen LogP contribution in [0, 0.1) is 11.7 Å². The second-order valence-corrected chi connectivity index (χ2v) is 7.53. The summed E-state index contributed by atoms with van der Waals surface area (Å²) in [5, 5.41) is 0. The van der Waals surface area contributed by atoms with E-state index in [0.717, 1.165) is 19.4 Å². The van der Waals surface area contributed by atoms with Crippen LogP contribution in [0.2, 0.25) is 0 Å². The number of amides is 1. The summed E-state index contributed by atoms with van der Waals surface area (Å²) in [4.78, 5) is 19.1. The largest absolute Gasteiger partial charge is 0.443 e. The van der Waals surface area contributed by atoms with Gasteiger partial charge in [-0.1, -0.05) is 31.0 Å². The van der Waals surface area contributed by atoms with Gasteiger partial charge in [0.05, 0.1) is 6.20 Å². The van der Waals surface area contributed by atoms with Gasteiger partial charge in [0.1, 0.15) is 17.6 Å². The third kappa shape index (κ3) is 3.67. The number of benzene rings is 1. The maximum Gasteiger partial charge on any atom is 0.223 e. The van der Waals surface area contributed by atoms with E-state index in [0.29, 0.717) is 36.0 Å². The molecule has 2 fully saturated rings. The molecule has 1 saturated heterocycles. The summed E-state index contributed by atoms with van der Waals surface area (Å²) in [6.45, 7) is 0.779. The first-order valence-electron chi connectivity index (χ1n) is 9.68. The molecule has 0 bridgehead atoms. The van der Waals surface area contributed by atoms with Crippen molar-refractivity contribution in [2.75, 3.05) is 6.54 Å². The lowest BCUT2D eigenvalue weighted by Crippen LogP contribution is -2.31. The summed E-state index contributed by atoms with van der Waals surface area (Å²) in [6, 6.07) is 6.63. The molecule has 5 heteroatoms. The topological polar surface area (TPSA) is 46.3 Å². The molecule has 1 atom stereocenters. The zero-order valence-corrected chi connectivity index (χ0v) is 15.0. The van der Waals surface area contributed by atoms with Crippen LogP contribution in [0.5, 0.6) is 0 Å². The third-order valence-corrected chi connectivity index (χ3v) is 5.69. The minimum absolute atomic E-state index is 0.0710. The molecular formula is C21H25FN2O2. The Morgan fingerprint density at radius 1 is 1.19 bits per heavy atom. The van der Waals surface area contributed by atoms with Crippen molar-refractivity contribution in [3.8, 4) is 0 Å². The molecule has 1 aromatic heterocycles. The highest BCUT2D eigenvalue weighted by Gasteiger charge is 2.34. The highest BCUT2D eigenvalue weighted by atomic mass is 19.1. The van der Waals surface area contributed by atoms with E-state index in [1.54, 1.807) is 18.3 Å². The normalized spacial score (nSPS) is 20.8. The van der Waals surface area contributed by atoms with Crippen LogP contribution < -0.4 is 0 Å². The molecule has 1 saturated carbocycles. The van der Waals surface area contributed by atoms with Crippen LogP contribution in [0.25, 0.3) is 0 Å². The minimum Gasteiger partial charge on any atom is -0.443 e. The van der Waals surface area contributed by atoms with Crippen LogP contribution in [0.1, 0.15) is 68.2 Å². The second-order valence-electron chi connectivity index (χ2n) is 7.53. The van der Waals surface area contributed by atoms with Crippen molar-refractivity contribution in [3.05, 3.63) is 53.5 Å². The molecule has 4 rings (SSSR count). The summed E-state index contributed by atoms with van der Waals surface area (Å²) in [7, 11) is 0. The van der Waals surface area contributed by atoms with Crippen LogP contribution in [0.3, 0.4) is 0 Å². The predicted octanol–water partition coefficient (Wildman–Crippen LogP) is 4.65. The second kappa shape index (κ2) is 7.60. The highest BCUT2D eigenvalue weighted by molar-refractivity contribution is 5.77. The lowest BCUT2D eigenvalue weighted by atomic mass is 10.0. The SMILES string of the molecule is O=C(CC1CCCC1)N1CCC[C@H]1c1ncc(Cc2ccccc2F)o1. The molecule has 4 nitrogen and oxygen atoms in total. The van der Waals surface area contributed by atoms with E-state index in [1.807, 2.05) is 11.0 Å². The molecular weight excluding hydrogens is 331 g/mol. The van der Waals surface area contributed by atoms with Gasteiger partial charge in [-0.25, -0.2) is 9.37 Å². The summed E-state index contributed by atoms with van der Waals surface area (Å²) < 4.78 is 19.7. The Morgan fingerprint density at radius 3 is 2.81 bits per heavy atom. The monoisotopic (exact) mass is 356 g/mol. The molecule has 2 heterocycles. The third-order valence-electron chi connectivity index (χ3n) is 5.69. The van der Waals surface area contributed by atoms with E-state index in [2.05, 4.69) is 4.98 Å². The fourth-order valence-electron chi connectivity index (χ4n) is 4.29. The molecule has 2 aliphatic rings. The van der Waals surface area contributed by atoms with Gasteiger partial charge in [-0.2, -0.15) is 0 Å². The number of rotatable bonds is 5. The number of aromatic nitrogens is 1. The number of hydrogen-bond acceptors (Lipinski definition) is 3. The summed E-state index contributed by atoms with van der Waals surface area (Å²) in [5.41, 5.74) is 0.593. The average molecular weight is 356 g/mol. The van der Waals surface area contributed by atoms with Crippen LogP contribution in [-0.4, -0.2) is 22.3 Å². The fraction of sp³-hybridized carbons (Fsp3) is 0.524. The number of hydrogen-bond donors (Lipinski definition) is 0. The predicted molar refractivity (Wildman–Crippen MR) is 96.0 cm³/mol. The number of carbonyl (C=O) groups is 1. The van der Waals surface area contributed by atoms with Gasteiger partial charge in [-0.05, 0) is 43.2 Å². The van der Waals surface area contributed by atoms with E-state index in [-0.39, 0.29) is 17.8 Å². The number of carbonyl (C=O) groups excluding carboxylic acids is 1. The molecule has 0 radical (unpaired) electrons. The first-order valence-corrected chi connectivity index (χ1v) is 9.68. The Kier molecular flexibility index (Phi) is 5.05. The van der Waals surface area contributed by atoms with Gasteiger partial charge in [-0.3, -0.25) is 4.79 Å². The van der Waals surface area contributed by atoms with Crippen molar-refractivity contribution in [3.63, 3.8) is 0 Å². The molecule has 1 aliphatic heterocycles. The average Bonchev–Trinajstić information content (AvgIpc) is 3.37. The maximum atomic E-state index is 13.8. The molecule has 1 aliphatic carbocycles. The molecule has 0 spiro atoms. The van der Waals surface area contributed by atoms with Crippen molar-refractivity contribution in [2.24, 2.45) is 5.92 Å². The van der Waals surface area contributed by atoms with Crippen molar-refractivity contribution < 1.29 is 13.6 Å². The summed E-state index contributed by atoms with van der Waals surface area (Å²) >= 11 is 0. The van der Waals surface area contributed by atoms with Gasteiger partial charge in [-0.15, -0.1) is 0 Å². The number of nitrogens with zero attached hydrogens (tertiary/aromatic N) is 2. The van der Waals surface area contributed by atoms with Crippen molar-refractivity contribution in [1.29, 1.82) is 0 Å². The van der Waals surface area contributed by atoms with Crippen LogP contribution >= 0.6 is 0 Å². The van der Waals surface area contributed by atoms with Crippen LogP contribution in [0.4, 0.5) is 4.39 Å². The Balaban J connectivity index is 1.44. The van der Waals surface area contributed by atoms with Gasteiger partial charge in [0, 0.05) is 19.4 Å². The first-order chi connectivity index (χ1) is 12.7. The molecule has 0 N–H and O–H groups in total. The zero-order valence-electron chi connectivity index (χ0n) is 15.0. The van der Waals surface area contributed by atoms with Gasteiger partial charge in [0.25, 0.3) is 0 Å². The molecule has 26 heavy (non-hydrogen) atoms. The molecule has 0 unspecified atom stereocenters. The zero-order chi connectivity index (χ0) is 17.9. The molecule has 1 amide bonds. The van der Waals surface area contributed by atoms with E-state index >= 15 is 0 Å². The van der Waals surface area contributed by atoms with E-state index in [9.17, 15) is 9.18 Å². The van der Waals surface area contributed by atoms with E-state index in [4.69, 9.17) is 4.42 Å². The Bertz CT molecular complexity index is 767. The van der Waals surface area contributed by atoms with Crippen molar-refractivity contribution in [2.45, 2.75) is 57.4 Å². The first kappa shape index (κ1) is 17.3. The molecule has 138 valence electrons. The standard InChI is InChI=1S/C21H25FN2O2/c22-18-9-4-3-8-16(18)13-17-14-23-21(26-17)19-10-5-11-24(19)20(25)12-15-6-1-2-7-15/h3-4,8-9,14-15,19H,1-2,5-7,10-13H2/t19-/m0/s1. The minimum atomic E-state index is -0.236. The number of halogens is 1. The van der Waals surface area contributed by atoms with Gasteiger partial charge < -0.3 is 9.32 Å². The summed E-state index contributed by atoms with van der Waals surface area (Å²) in [6.07, 6.45) is 9.41. The van der Waals surface area contributed by atoms with Crippen molar-refractivity contribution >= 4 is 5.91 Å². The van der Waals surface area contributed by atoms with E-state index < -0.39 is 0 Å².